The van der Waals surface area contributed by atoms with Crippen molar-refractivity contribution in [2.45, 2.75) is 20.3 Å². The van der Waals surface area contributed by atoms with Gasteiger partial charge < -0.3 is 9.94 Å². The monoisotopic (exact) mass is 414 g/mol. The number of carbonyl (C=O) groups is 1. The van der Waals surface area contributed by atoms with Gasteiger partial charge in [0.15, 0.2) is 0 Å². The van der Waals surface area contributed by atoms with Crippen molar-refractivity contribution in [1.29, 1.82) is 0 Å². The fourth-order valence-electron chi connectivity index (χ4n) is 3.46. The zero-order valence-corrected chi connectivity index (χ0v) is 17.0. The van der Waals surface area contributed by atoms with E-state index in [1.54, 1.807) is 32.1 Å². The summed E-state index contributed by atoms with van der Waals surface area (Å²) in [5.74, 6) is -1.60. The van der Waals surface area contributed by atoms with Gasteiger partial charge >= 0.3 is 5.97 Å². The summed E-state index contributed by atoms with van der Waals surface area (Å²) in [5, 5.41) is 13.4. The molecule has 0 fully saturated rings. The van der Waals surface area contributed by atoms with E-state index in [0.29, 0.717) is 53.0 Å². The molecule has 1 N–H and O–H groups in total. The summed E-state index contributed by atoms with van der Waals surface area (Å²) >= 11 is 0. The Hall–Kier alpha value is -3.06. The lowest BCUT2D eigenvalue weighted by Gasteiger charge is -2.25. The average Bonchev–Trinajstić information content (AvgIpc) is 2.70. The molecule has 0 atom stereocenters. The Balaban J connectivity index is 1.78. The van der Waals surface area contributed by atoms with Crippen molar-refractivity contribution < 1.29 is 23.5 Å². The number of aliphatic carboxylic acids is 1. The molecule has 0 radical (unpaired) electrons. The maximum atomic E-state index is 13.6. The van der Waals surface area contributed by atoms with Crippen LogP contribution in [0.3, 0.4) is 0 Å². The SMILES string of the molecule is Cc1cc(F)ccc1C(=NOCCN1CCC=C(C(=O)O)C1)c1ccc(F)cc1C. The topological polar surface area (TPSA) is 62.1 Å². The van der Waals surface area contributed by atoms with E-state index < -0.39 is 5.97 Å². The molecule has 1 aliphatic heterocycles. The van der Waals surface area contributed by atoms with Crippen LogP contribution in [0.15, 0.2) is 53.2 Å². The maximum absolute atomic E-state index is 13.6. The average molecular weight is 414 g/mol. The van der Waals surface area contributed by atoms with Gasteiger partial charge in [0.1, 0.15) is 24.0 Å². The standard InChI is InChI=1S/C23H24F2N2O3/c1-15-12-18(24)5-7-20(15)22(21-8-6-19(25)13-16(21)2)26-30-11-10-27-9-3-4-17(14-27)23(28)29/h4-8,12-13H,3,9-11,14H2,1-2H3,(H,28,29). The molecular weight excluding hydrogens is 390 g/mol. The number of halogens is 2. The number of aryl methyl sites for hydroxylation is 2. The van der Waals surface area contributed by atoms with Crippen LogP contribution in [0.4, 0.5) is 8.78 Å². The summed E-state index contributed by atoms with van der Waals surface area (Å²) in [5.41, 5.74) is 3.64. The molecule has 0 unspecified atom stereocenters. The van der Waals surface area contributed by atoms with Crippen molar-refractivity contribution in [1.82, 2.24) is 4.90 Å². The summed E-state index contributed by atoms with van der Waals surface area (Å²) < 4.78 is 27.1. The number of benzene rings is 2. The lowest BCUT2D eigenvalue weighted by Crippen LogP contribution is -2.34. The van der Waals surface area contributed by atoms with Crippen molar-refractivity contribution in [3.63, 3.8) is 0 Å². The largest absolute Gasteiger partial charge is 0.478 e. The molecule has 30 heavy (non-hydrogen) atoms. The van der Waals surface area contributed by atoms with Crippen LogP contribution < -0.4 is 0 Å². The highest BCUT2D eigenvalue weighted by Crippen LogP contribution is 2.20. The molecule has 0 saturated carbocycles. The maximum Gasteiger partial charge on any atom is 0.332 e. The molecule has 1 aliphatic rings. The van der Waals surface area contributed by atoms with E-state index >= 15 is 0 Å². The van der Waals surface area contributed by atoms with Gasteiger partial charge in [0.25, 0.3) is 0 Å². The number of hydrogen-bond donors (Lipinski definition) is 1. The van der Waals surface area contributed by atoms with Gasteiger partial charge in [-0.15, -0.1) is 0 Å². The smallest absolute Gasteiger partial charge is 0.332 e. The number of carboxylic acid groups (broad SMARTS) is 1. The Labute approximate surface area is 174 Å². The molecule has 2 aromatic carbocycles. The minimum absolute atomic E-state index is 0.261. The Kier molecular flexibility index (Phi) is 6.95. The summed E-state index contributed by atoms with van der Waals surface area (Å²) in [6.07, 6.45) is 2.42. The Morgan fingerprint density at radius 1 is 1.10 bits per heavy atom. The van der Waals surface area contributed by atoms with Crippen molar-refractivity contribution in [2.24, 2.45) is 5.16 Å². The minimum Gasteiger partial charge on any atom is -0.478 e. The molecule has 2 aromatic rings. The van der Waals surface area contributed by atoms with Gasteiger partial charge in [-0.3, -0.25) is 4.90 Å². The van der Waals surface area contributed by atoms with Crippen LogP contribution >= 0.6 is 0 Å². The van der Waals surface area contributed by atoms with E-state index in [0.717, 1.165) is 6.54 Å². The van der Waals surface area contributed by atoms with E-state index in [1.807, 2.05) is 4.90 Å². The summed E-state index contributed by atoms with van der Waals surface area (Å²) in [4.78, 5) is 18.7. The third kappa shape index (κ3) is 5.30. The van der Waals surface area contributed by atoms with Gasteiger partial charge in [0.2, 0.25) is 0 Å². The van der Waals surface area contributed by atoms with Crippen LogP contribution in [0.2, 0.25) is 0 Å². The van der Waals surface area contributed by atoms with Crippen LogP contribution in [-0.4, -0.2) is 47.9 Å². The van der Waals surface area contributed by atoms with Crippen LogP contribution in [0, 0.1) is 25.5 Å². The molecule has 0 aromatic heterocycles. The van der Waals surface area contributed by atoms with E-state index in [4.69, 9.17) is 9.94 Å². The molecule has 1 heterocycles. The second-order valence-electron chi connectivity index (χ2n) is 7.29. The highest BCUT2D eigenvalue weighted by Gasteiger charge is 2.18. The minimum atomic E-state index is -0.903. The predicted octanol–water partition coefficient (Wildman–Crippen LogP) is 4.07. The number of oxime groups is 1. The first kappa shape index (κ1) is 21.6. The fraction of sp³-hybridized carbons (Fsp3) is 0.304. The molecule has 5 nitrogen and oxygen atoms in total. The van der Waals surface area contributed by atoms with Crippen LogP contribution in [-0.2, 0) is 9.63 Å². The number of carboxylic acids is 1. The lowest BCUT2D eigenvalue weighted by atomic mass is 9.95. The molecule has 7 heteroatoms. The van der Waals surface area contributed by atoms with E-state index in [-0.39, 0.29) is 18.2 Å². The molecule has 0 saturated heterocycles. The summed E-state index contributed by atoms with van der Waals surface area (Å²) in [6.45, 7) is 5.46. The lowest BCUT2D eigenvalue weighted by molar-refractivity contribution is -0.133. The van der Waals surface area contributed by atoms with Gasteiger partial charge in [-0.2, -0.15) is 0 Å². The molecule has 158 valence electrons. The highest BCUT2D eigenvalue weighted by atomic mass is 19.1. The molecule has 3 rings (SSSR count). The summed E-state index contributed by atoms with van der Waals surface area (Å²) in [7, 11) is 0. The van der Waals surface area contributed by atoms with E-state index in [9.17, 15) is 13.6 Å². The summed E-state index contributed by atoms with van der Waals surface area (Å²) in [6, 6.07) is 8.79. The second-order valence-corrected chi connectivity index (χ2v) is 7.29. The first-order chi connectivity index (χ1) is 14.3. The van der Waals surface area contributed by atoms with Gasteiger partial charge in [-0.25, -0.2) is 13.6 Å². The Morgan fingerprint density at radius 2 is 1.70 bits per heavy atom. The first-order valence-corrected chi connectivity index (χ1v) is 9.73. The van der Waals surface area contributed by atoms with Crippen molar-refractivity contribution >= 4 is 11.7 Å². The molecule has 0 bridgehead atoms. The predicted molar refractivity (Wildman–Crippen MR) is 111 cm³/mol. The molecule has 0 aliphatic carbocycles. The van der Waals surface area contributed by atoms with Gasteiger partial charge in [-0.05, 0) is 67.8 Å². The third-order valence-corrected chi connectivity index (χ3v) is 5.05. The van der Waals surface area contributed by atoms with Gasteiger partial charge in [0, 0.05) is 36.3 Å². The van der Waals surface area contributed by atoms with E-state index in [1.165, 1.54) is 24.3 Å². The molecular formula is C23H24F2N2O3. The van der Waals surface area contributed by atoms with E-state index in [2.05, 4.69) is 5.16 Å². The first-order valence-electron chi connectivity index (χ1n) is 9.73. The number of hydrogen-bond acceptors (Lipinski definition) is 4. The van der Waals surface area contributed by atoms with Crippen LogP contribution in [0.1, 0.15) is 28.7 Å². The van der Waals surface area contributed by atoms with Crippen LogP contribution in [0.5, 0.6) is 0 Å². The number of nitrogens with zero attached hydrogens (tertiary/aromatic N) is 2. The second kappa shape index (κ2) is 9.63. The zero-order valence-electron chi connectivity index (χ0n) is 17.0. The Morgan fingerprint density at radius 3 is 2.23 bits per heavy atom. The molecule has 0 spiro atoms. The normalized spacial score (nSPS) is 14.2. The van der Waals surface area contributed by atoms with Gasteiger partial charge in [0.05, 0.1) is 0 Å². The van der Waals surface area contributed by atoms with Crippen molar-refractivity contribution in [2.75, 3.05) is 26.2 Å². The van der Waals surface area contributed by atoms with Crippen molar-refractivity contribution in [3.8, 4) is 0 Å². The number of rotatable bonds is 7. The molecule has 0 amide bonds. The van der Waals surface area contributed by atoms with Crippen molar-refractivity contribution in [3.05, 3.63) is 81.9 Å². The zero-order chi connectivity index (χ0) is 21.7. The highest BCUT2D eigenvalue weighted by molar-refractivity contribution is 6.14. The quantitative estimate of drug-likeness (QED) is 0.422. The fourth-order valence-corrected chi connectivity index (χ4v) is 3.46. The van der Waals surface area contributed by atoms with Gasteiger partial charge in [-0.1, -0.05) is 11.2 Å². The third-order valence-electron chi connectivity index (χ3n) is 5.05. The van der Waals surface area contributed by atoms with Crippen LogP contribution in [0.25, 0.3) is 0 Å². The Bertz CT molecular complexity index is 948.